The second kappa shape index (κ2) is 10.7. The van der Waals surface area contributed by atoms with E-state index in [9.17, 15) is 0 Å². The van der Waals surface area contributed by atoms with Crippen LogP contribution in [-0.2, 0) is 0 Å². The third kappa shape index (κ3) is 9.66. The molecule has 0 rings (SSSR count). The predicted molar refractivity (Wildman–Crippen MR) is 61.7 cm³/mol. The van der Waals surface area contributed by atoms with Crippen LogP contribution in [-0.4, -0.2) is 22.2 Å². The van der Waals surface area contributed by atoms with Gasteiger partial charge in [-0.1, -0.05) is 53.4 Å². The van der Waals surface area contributed by atoms with E-state index in [0.717, 1.165) is 10.7 Å². The van der Waals surface area contributed by atoms with E-state index >= 15 is 0 Å². The number of hydrogen-bond donors (Lipinski definition) is 0. The number of rotatable bonds is 7. The van der Waals surface area contributed by atoms with Gasteiger partial charge in [0.05, 0.1) is 0 Å². The van der Waals surface area contributed by atoms with E-state index < -0.39 is 0 Å². The molecule has 0 heterocycles. The van der Waals surface area contributed by atoms with E-state index in [0.29, 0.717) is 0 Å². The fourth-order valence-electron chi connectivity index (χ4n) is 0.345. The van der Waals surface area contributed by atoms with Crippen molar-refractivity contribution in [1.82, 2.24) is 0 Å². The molecular weight excluding hydrogens is 296 g/mol. The number of halogens is 2. The predicted octanol–water partition coefficient (Wildman–Crippen LogP) is 3.94. The topological polar surface area (TPSA) is 0 Å². The zero-order chi connectivity index (χ0) is 7.66. The first-order valence-electron chi connectivity index (χ1n) is 3.28. The molecule has 0 aliphatic heterocycles. The molecule has 0 saturated heterocycles. The van der Waals surface area contributed by atoms with Gasteiger partial charge in [-0.15, -0.1) is 0 Å². The summed E-state index contributed by atoms with van der Waals surface area (Å²) in [5.74, 6) is 2.55. The molecule has 0 spiro atoms. The zero-order valence-corrected chi connectivity index (χ0v) is 10.6. The van der Waals surface area contributed by atoms with Crippen molar-refractivity contribution in [1.29, 1.82) is 0 Å². The van der Waals surface area contributed by atoms with Gasteiger partial charge in [0.25, 0.3) is 0 Å². The summed E-state index contributed by atoms with van der Waals surface area (Å²) in [5, 5.41) is 2.28. The van der Waals surface area contributed by atoms with Crippen LogP contribution in [0.25, 0.3) is 0 Å². The van der Waals surface area contributed by atoms with Crippen LogP contribution >= 0.6 is 53.4 Å². The molecule has 0 fully saturated rings. The third-order valence-corrected chi connectivity index (χ3v) is 4.50. The molecule has 10 heavy (non-hydrogen) atoms. The van der Waals surface area contributed by atoms with Crippen LogP contribution in [0.3, 0.4) is 0 Å². The standard InChI is InChI=1S/C6H12Br2S2/c7-3-1-5-9-10-6-2-4-8/h1-6H2. The maximum Gasteiger partial charge on any atom is 0.00448 e. The van der Waals surface area contributed by atoms with Crippen LogP contribution in [0.1, 0.15) is 12.8 Å². The van der Waals surface area contributed by atoms with Crippen molar-refractivity contribution in [3.63, 3.8) is 0 Å². The van der Waals surface area contributed by atoms with Crippen molar-refractivity contribution in [2.75, 3.05) is 22.2 Å². The van der Waals surface area contributed by atoms with Crippen LogP contribution in [0.2, 0.25) is 0 Å². The molecular formula is C6H12Br2S2. The molecule has 0 aromatic rings. The van der Waals surface area contributed by atoms with Gasteiger partial charge in [-0.25, -0.2) is 0 Å². The Morgan fingerprint density at radius 2 is 1.20 bits per heavy atom. The Bertz CT molecular complexity index is 53.7. The highest BCUT2D eigenvalue weighted by Gasteiger charge is 1.88. The Labute approximate surface area is 87.9 Å². The molecule has 0 atom stereocenters. The van der Waals surface area contributed by atoms with Crippen LogP contribution in [0.4, 0.5) is 0 Å². The summed E-state index contributed by atoms with van der Waals surface area (Å²) in [7, 11) is 3.97. The van der Waals surface area contributed by atoms with E-state index in [-0.39, 0.29) is 0 Å². The first kappa shape index (κ1) is 11.7. The Hall–Kier alpha value is 1.66. The van der Waals surface area contributed by atoms with E-state index in [4.69, 9.17) is 0 Å². The van der Waals surface area contributed by atoms with Gasteiger partial charge in [0.15, 0.2) is 0 Å². The first-order valence-corrected chi connectivity index (χ1v) is 8.01. The summed E-state index contributed by atoms with van der Waals surface area (Å²) in [6, 6.07) is 0. The summed E-state index contributed by atoms with van der Waals surface area (Å²) < 4.78 is 0. The summed E-state index contributed by atoms with van der Waals surface area (Å²) in [4.78, 5) is 0. The van der Waals surface area contributed by atoms with Crippen molar-refractivity contribution < 1.29 is 0 Å². The highest BCUT2D eigenvalue weighted by molar-refractivity contribution is 9.09. The van der Waals surface area contributed by atoms with Gasteiger partial charge < -0.3 is 0 Å². The highest BCUT2D eigenvalue weighted by atomic mass is 79.9. The smallest absolute Gasteiger partial charge is 0.00448 e. The minimum Gasteiger partial charge on any atom is -0.0941 e. The lowest BCUT2D eigenvalue weighted by Gasteiger charge is -1.96. The molecule has 0 radical (unpaired) electrons. The summed E-state index contributed by atoms with van der Waals surface area (Å²) in [6.07, 6.45) is 2.57. The minimum atomic E-state index is 1.14. The largest absolute Gasteiger partial charge is 0.0941 e. The molecule has 0 bridgehead atoms. The lowest BCUT2D eigenvalue weighted by molar-refractivity contribution is 1.14. The highest BCUT2D eigenvalue weighted by Crippen LogP contribution is 2.22. The van der Waals surface area contributed by atoms with Crippen molar-refractivity contribution >= 4 is 53.4 Å². The lowest BCUT2D eigenvalue weighted by Crippen LogP contribution is -1.79. The summed E-state index contributed by atoms with van der Waals surface area (Å²) >= 11 is 6.80. The monoisotopic (exact) mass is 306 g/mol. The van der Waals surface area contributed by atoms with Crippen LogP contribution in [0.5, 0.6) is 0 Å². The normalized spacial score (nSPS) is 10.2. The second-order valence-electron chi connectivity index (χ2n) is 1.73. The Balaban J connectivity index is 2.65. The minimum absolute atomic E-state index is 1.14. The summed E-state index contributed by atoms with van der Waals surface area (Å²) in [6.45, 7) is 0. The molecule has 0 saturated carbocycles. The number of hydrogen-bond acceptors (Lipinski definition) is 2. The Kier molecular flexibility index (Phi) is 12.4. The molecule has 0 aliphatic rings. The van der Waals surface area contributed by atoms with Gasteiger partial charge in [0, 0.05) is 22.2 Å². The molecule has 0 aliphatic carbocycles. The van der Waals surface area contributed by atoms with Gasteiger partial charge >= 0.3 is 0 Å². The quantitative estimate of drug-likeness (QED) is 0.397. The van der Waals surface area contributed by atoms with Gasteiger partial charge in [0.2, 0.25) is 0 Å². The Morgan fingerprint density at radius 1 is 0.800 bits per heavy atom. The second-order valence-corrected chi connectivity index (χ2v) is 6.02. The van der Waals surface area contributed by atoms with E-state index in [1.165, 1.54) is 24.3 Å². The van der Waals surface area contributed by atoms with Gasteiger partial charge in [0.1, 0.15) is 0 Å². The molecule has 0 N–H and O–H groups in total. The lowest BCUT2D eigenvalue weighted by atomic mass is 10.6. The van der Waals surface area contributed by atoms with Crippen LogP contribution in [0.15, 0.2) is 0 Å². The molecule has 0 aromatic heterocycles. The average Bonchev–Trinajstić information content (AvgIpc) is 1.97. The van der Waals surface area contributed by atoms with Crippen molar-refractivity contribution in [3.05, 3.63) is 0 Å². The first-order chi connectivity index (χ1) is 4.91. The van der Waals surface area contributed by atoms with Crippen LogP contribution in [0, 0.1) is 0 Å². The maximum atomic E-state index is 3.40. The molecule has 62 valence electrons. The van der Waals surface area contributed by atoms with Crippen molar-refractivity contribution in [2.45, 2.75) is 12.8 Å². The molecule has 0 unspecified atom stereocenters. The fraction of sp³-hybridized carbons (Fsp3) is 1.00. The Morgan fingerprint density at radius 3 is 1.50 bits per heavy atom. The zero-order valence-electron chi connectivity index (χ0n) is 5.82. The maximum absolute atomic E-state index is 3.40. The van der Waals surface area contributed by atoms with Crippen molar-refractivity contribution in [3.8, 4) is 0 Å². The van der Waals surface area contributed by atoms with Gasteiger partial charge in [-0.3, -0.25) is 0 Å². The molecule has 4 heteroatoms. The number of alkyl halides is 2. The van der Waals surface area contributed by atoms with Crippen LogP contribution < -0.4 is 0 Å². The SMILES string of the molecule is BrCCCSSCCCBr. The molecule has 0 amide bonds. The van der Waals surface area contributed by atoms with E-state index in [1.807, 2.05) is 21.6 Å². The average molecular weight is 308 g/mol. The van der Waals surface area contributed by atoms with Crippen molar-refractivity contribution in [2.24, 2.45) is 0 Å². The van der Waals surface area contributed by atoms with Gasteiger partial charge in [-0.2, -0.15) is 0 Å². The van der Waals surface area contributed by atoms with E-state index in [2.05, 4.69) is 31.9 Å². The third-order valence-electron chi connectivity index (χ3n) is 0.806. The van der Waals surface area contributed by atoms with E-state index in [1.54, 1.807) is 0 Å². The molecule has 0 aromatic carbocycles. The molecule has 0 nitrogen and oxygen atoms in total. The fourth-order valence-corrected chi connectivity index (χ4v) is 3.82. The van der Waals surface area contributed by atoms with Gasteiger partial charge in [-0.05, 0) is 12.8 Å². The summed E-state index contributed by atoms with van der Waals surface area (Å²) in [5.41, 5.74) is 0.